The summed E-state index contributed by atoms with van der Waals surface area (Å²) in [6, 6.07) is 23.1. The van der Waals surface area contributed by atoms with Crippen LogP contribution in [0, 0.1) is 13.8 Å². The van der Waals surface area contributed by atoms with E-state index >= 15 is 0 Å². The molecule has 0 N–H and O–H groups in total. The summed E-state index contributed by atoms with van der Waals surface area (Å²) in [5.41, 5.74) is 7.61. The molecule has 0 nitrogen and oxygen atoms in total. The molecule has 0 radical (unpaired) electrons. The fourth-order valence-corrected chi connectivity index (χ4v) is 2.79. The highest BCUT2D eigenvalue weighted by Crippen LogP contribution is 2.30. The predicted molar refractivity (Wildman–Crippen MR) is 91.8 cm³/mol. The van der Waals surface area contributed by atoms with Crippen molar-refractivity contribution < 1.29 is 0 Å². The highest BCUT2D eigenvalue weighted by atomic mass is 35.5. The Kier molecular flexibility index (Phi) is 3.81. The second kappa shape index (κ2) is 5.75. The van der Waals surface area contributed by atoms with Crippen molar-refractivity contribution in [3.8, 4) is 22.3 Å². The van der Waals surface area contributed by atoms with Crippen LogP contribution in [-0.4, -0.2) is 0 Å². The van der Waals surface area contributed by atoms with E-state index < -0.39 is 0 Å². The third-order valence-electron chi connectivity index (χ3n) is 3.84. The zero-order valence-electron chi connectivity index (χ0n) is 12.2. The molecule has 0 aliphatic heterocycles. The molecular weight excluding hydrogens is 276 g/mol. The summed E-state index contributed by atoms with van der Waals surface area (Å²) in [6.45, 7) is 4.32. The largest absolute Gasteiger partial charge is 0.0843 e. The lowest BCUT2D eigenvalue weighted by Gasteiger charge is -2.11. The summed E-state index contributed by atoms with van der Waals surface area (Å²) < 4.78 is 0. The molecule has 0 aliphatic carbocycles. The quantitative estimate of drug-likeness (QED) is 0.520. The SMILES string of the molecule is Cc1ccccc1-c1ccc(-c2ccc(Cl)cc2)cc1C. The first-order chi connectivity index (χ1) is 10.1. The summed E-state index contributed by atoms with van der Waals surface area (Å²) in [5, 5.41) is 0.770. The first-order valence-corrected chi connectivity index (χ1v) is 7.45. The van der Waals surface area contributed by atoms with E-state index in [1.54, 1.807) is 0 Å². The van der Waals surface area contributed by atoms with Gasteiger partial charge >= 0.3 is 0 Å². The van der Waals surface area contributed by atoms with Crippen LogP contribution in [0.3, 0.4) is 0 Å². The lowest BCUT2D eigenvalue weighted by atomic mass is 9.93. The third kappa shape index (κ3) is 2.86. The van der Waals surface area contributed by atoms with Crippen LogP contribution in [-0.2, 0) is 0 Å². The molecule has 0 aromatic heterocycles. The zero-order chi connectivity index (χ0) is 14.8. The number of halogens is 1. The Morgan fingerprint density at radius 1 is 0.619 bits per heavy atom. The molecule has 104 valence electrons. The van der Waals surface area contributed by atoms with Crippen LogP contribution in [0.25, 0.3) is 22.3 Å². The molecule has 0 bridgehead atoms. The fourth-order valence-electron chi connectivity index (χ4n) is 2.66. The van der Waals surface area contributed by atoms with Gasteiger partial charge in [-0.05, 0) is 59.4 Å². The van der Waals surface area contributed by atoms with Crippen LogP contribution in [0.15, 0.2) is 66.7 Å². The predicted octanol–water partition coefficient (Wildman–Crippen LogP) is 6.29. The summed E-state index contributed by atoms with van der Waals surface area (Å²) in [6.07, 6.45) is 0. The Morgan fingerprint density at radius 2 is 1.24 bits per heavy atom. The molecule has 0 aliphatic rings. The number of hydrogen-bond acceptors (Lipinski definition) is 0. The van der Waals surface area contributed by atoms with Crippen LogP contribution in [0.1, 0.15) is 11.1 Å². The highest BCUT2D eigenvalue weighted by molar-refractivity contribution is 6.30. The third-order valence-corrected chi connectivity index (χ3v) is 4.09. The van der Waals surface area contributed by atoms with Crippen LogP contribution in [0.4, 0.5) is 0 Å². The van der Waals surface area contributed by atoms with E-state index in [1.807, 2.05) is 12.1 Å². The van der Waals surface area contributed by atoms with Gasteiger partial charge in [-0.25, -0.2) is 0 Å². The minimum absolute atomic E-state index is 0.770. The standard InChI is InChI=1S/C20H17Cl/c1-14-5-3-4-6-19(14)20-12-9-17(13-15(20)2)16-7-10-18(21)11-8-16/h3-13H,1-2H3. The van der Waals surface area contributed by atoms with Crippen molar-refractivity contribution in [3.63, 3.8) is 0 Å². The molecule has 0 saturated carbocycles. The number of aryl methyl sites for hydroxylation is 2. The van der Waals surface area contributed by atoms with Gasteiger partial charge < -0.3 is 0 Å². The number of hydrogen-bond donors (Lipinski definition) is 0. The van der Waals surface area contributed by atoms with Crippen molar-refractivity contribution in [2.24, 2.45) is 0 Å². The van der Waals surface area contributed by atoms with Gasteiger partial charge in [0.2, 0.25) is 0 Å². The van der Waals surface area contributed by atoms with Crippen molar-refractivity contribution in [1.29, 1.82) is 0 Å². The summed E-state index contributed by atoms with van der Waals surface area (Å²) in [4.78, 5) is 0. The summed E-state index contributed by atoms with van der Waals surface area (Å²) >= 11 is 5.95. The van der Waals surface area contributed by atoms with E-state index in [0.717, 1.165) is 5.02 Å². The van der Waals surface area contributed by atoms with Crippen LogP contribution >= 0.6 is 11.6 Å². The molecule has 21 heavy (non-hydrogen) atoms. The maximum absolute atomic E-state index is 5.95. The van der Waals surface area contributed by atoms with Crippen LogP contribution < -0.4 is 0 Å². The average Bonchev–Trinajstić information content (AvgIpc) is 2.49. The number of rotatable bonds is 2. The molecule has 3 rings (SSSR count). The van der Waals surface area contributed by atoms with Gasteiger partial charge in [-0.15, -0.1) is 0 Å². The van der Waals surface area contributed by atoms with Gasteiger partial charge in [-0.3, -0.25) is 0 Å². The average molecular weight is 293 g/mol. The maximum Gasteiger partial charge on any atom is 0.0406 e. The zero-order valence-corrected chi connectivity index (χ0v) is 13.0. The van der Waals surface area contributed by atoms with Crippen molar-refractivity contribution in [1.82, 2.24) is 0 Å². The Balaban J connectivity index is 2.04. The smallest absolute Gasteiger partial charge is 0.0406 e. The molecule has 0 atom stereocenters. The topological polar surface area (TPSA) is 0 Å². The van der Waals surface area contributed by atoms with Gasteiger partial charge in [0, 0.05) is 5.02 Å². The first-order valence-electron chi connectivity index (χ1n) is 7.08. The maximum atomic E-state index is 5.95. The first kappa shape index (κ1) is 13.9. The monoisotopic (exact) mass is 292 g/mol. The minimum Gasteiger partial charge on any atom is -0.0843 e. The molecule has 0 unspecified atom stereocenters. The molecule has 0 fully saturated rings. The molecule has 1 heteroatoms. The Hall–Kier alpha value is -2.05. The Bertz CT molecular complexity index is 770. The van der Waals surface area contributed by atoms with E-state index in [9.17, 15) is 0 Å². The fraction of sp³-hybridized carbons (Fsp3) is 0.100. The van der Waals surface area contributed by atoms with Crippen LogP contribution in [0.5, 0.6) is 0 Å². The van der Waals surface area contributed by atoms with E-state index in [1.165, 1.54) is 33.4 Å². The number of benzene rings is 3. The van der Waals surface area contributed by atoms with E-state index in [4.69, 9.17) is 11.6 Å². The second-order valence-electron chi connectivity index (χ2n) is 5.35. The lowest BCUT2D eigenvalue weighted by Crippen LogP contribution is -1.88. The van der Waals surface area contributed by atoms with Gasteiger partial charge in [0.25, 0.3) is 0 Å². The summed E-state index contributed by atoms with van der Waals surface area (Å²) in [7, 11) is 0. The van der Waals surface area contributed by atoms with Gasteiger partial charge in [0.15, 0.2) is 0 Å². The van der Waals surface area contributed by atoms with Gasteiger partial charge in [0.05, 0.1) is 0 Å². The van der Waals surface area contributed by atoms with Crippen molar-refractivity contribution in [3.05, 3.63) is 82.9 Å². The van der Waals surface area contributed by atoms with Crippen molar-refractivity contribution in [2.45, 2.75) is 13.8 Å². The molecular formula is C20H17Cl. The Labute approximate surface area is 131 Å². The van der Waals surface area contributed by atoms with Gasteiger partial charge in [-0.1, -0.05) is 66.2 Å². The van der Waals surface area contributed by atoms with E-state index in [-0.39, 0.29) is 0 Å². The lowest BCUT2D eigenvalue weighted by molar-refractivity contribution is 1.41. The Morgan fingerprint density at radius 3 is 1.90 bits per heavy atom. The molecule has 0 saturated heterocycles. The van der Waals surface area contributed by atoms with Crippen LogP contribution in [0.2, 0.25) is 5.02 Å². The van der Waals surface area contributed by atoms with Crippen molar-refractivity contribution >= 4 is 11.6 Å². The highest BCUT2D eigenvalue weighted by Gasteiger charge is 2.06. The molecule has 3 aromatic carbocycles. The summed E-state index contributed by atoms with van der Waals surface area (Å²) in [5.74, 6) is 0. The van der Waals surface area contributed by atoms with E-state index in [2.05, 4.69) is 68.4 Å². The molecule has 3 aromatic rings. The normalized spacial score (nSPS) is 10.6. The van der Waals surface area contributed by atoms with Gasteiger partial charge in [-0.2, -0.15) is 0 Å². The van der Waals surface area contributed by atoms with E-state index in [0.29, 0.717) is 0 Å². The van der Waals surface area contributed by atoms with Crippen molar-refractivity contribution in [2.75, 3.05) is 0 Å². The molecule has 0 heterocycles. The second-order valence-corrected chi connectivity index (χ2v) is 5.79. The van der Waals surface area contributed by atoms with Gasteiger partial charge in [0.1, 0.15) is 0 Å². The molecule has 0 spiro atoms. The minimum atomic E-state index is 0.770. The molecule has 0 amide bonds.